The molecule has 2 unspecified atom stereocenters. The number of aliphatic carboxylic acids is 1. The first-order valence-electron chi connectivity index (χ1n) is 6.37. The number of carboxylic acids is 1. The number of hydrogen-bond acceptors (Lipinski definition) is 3. The Balaban J connectivity index is 1.89. The lowest BCUT2D eigenvalue weighted by molar-refractivity contribution is -0.141. The summed E-state index contributed by atoms with van der Waals surface area (Å²) in [5.41, 5.74) is 1.96. The predicted molar refractivity (Wildman–Crippen MR) is 73.4 cm³/mol. The van der Waals surface area contributed by atoms with Crippen LogP contribution in [0.2, 0.25) is 5.02 Å². The summed E-state index contributed by atoms with van der Waals surface area (Å²) < 4.78 is 5.57. The van der Waals surface area contributed by atoms with Crippen molar-refractivity contribution >= 4 is 23.5 Å². The molecular formula is C14H16ClNO4. The number of fused-ring (bicyclic) bond motifs is 1. The van der Waals surface area contributed by atoms with Crippen LogP contribution in [-0.2, 0) is 20.9 Å². The molecule has 0 fully saturated rings. The number of ether oxygens (including phenoxy) is 1. The van der Waals surface area contributed by atoms with E-state index in [1.165, 1.54) is 0 Å². The Kier molecular flexibility index (Phi) is 4.62. The summed E-state index contributed by atoms with van der Waals surface area (Å²) in [7, 11) is 0. The fourth-order valence-corrected chi connectivity index (χ4v) is 2.25. The highest BCUT2D eigenvalue weighted by molar-refractivity contribution is 6.30. The van der Waals surface area contributed by atoms with Gasteiger partial charge in [-0.2, -0.15) is 0 Å². The zero-order valence-corrected chi connectivity index (χ0v) is 11.8. The standard InChI is InChI=1S/C14H16ClNO4/c1-8(14(18)19)6-16-13(17)5-12-11-3-2-10(15)4-9(11)7-20-12/h2-4,8,12H,5-7H2,1H3,(H,16,17)(H,18,19). The van der Waals surface area contributed by atoms with Crippen molar-refractivity contribution in [1.29, 1.82) is 0 Å². The Bertz CT molecular complexity index is 532. The van der Waals surface area contributed by atoms with E-state index in [1.54, 1.807) is 13.0 Å². The zero-order chi connectivity index (χ0) is 14.7. The molecule has 0 aliphatic carbocycles. The van der Waals surface area contributed by atoms with Crippen LogP contribution in [0.5, 0.6) is 0 Å². The Morgan fingerprint density at radius 1 is 1.55 bits per heavy atom. The molecule has 0 bridgehead atoms. The highest BCUT2D eigenvalue weighted by Crippen LogP contribution is 2.34. The first kappa shape index (κ1) is 14.8. The molecule has 2 N–H and O–H groups in total. The van der Waals surface area contributed by atoms with Crippen LogP contribution in [0, 0.1) is 5.92 Å². The summed E-state index contributed by atoms with van der Waals surface area (Å²) in [4.78, 5) is 22.5. The Morgan fingerprint density at radius 3 is 3.00 bits per heavy atom. The largest absolute Gasteiger partial charge is 0.481 e. The number of carbonyl (C=O) groups excluding carboxylic acids is 1. The van der Waals surface area contributed by atoms with E-state index in [1.807, 2.05) is 12.1 Å². The molecule has 1 aliphatic heterocycles. The van der Waals surface area contributed by atoms with Gasteiger partial charge in [0.05, 0.1) is 25.0 Å². The van der Waals surface area contributed by atoms with Gasteiger partial charge in [-0.15, -0.1) is 0 Å². The van der Waals surface area contributed by atoms with E-state index in [2.05, 4.69) is 5.32 Å². The maximum Gasteiger partial charge on any atom is 0.308 e. The van der Waals surface area contributed by atoms with Crippen molar-refractivity contribution in [3.63, 3.8) is 0 Å². The maximum absolute atomic E-state index is 11.8. The smallest absolute Gasteiger partial charge is 0.308 e. The molecule has 0 saturated carbocycles. The van der Waals surface area contributed by atoms with Gasteiger partial charge in [-0.1, -0.05) is 24.6 Å². The quantitative estimate of drug-likeness (QED) is 0.873. The molecule has 1 aromatic carbocycles. The van der Waals surface area contributed by atoms with Crippen molar-refractivity contribution in [1.82, 2.24) is 5.32 Å². The number of halogens is 1. The van der Waals surface area contributed by atoms with Crippen molar-refractivity contribution in [3.05, 3.63) is 34.3 Å². The normalized spacial score (nSPS) is 18.4. The van der Waals surface area contributed by atoms with Gasteiger partial charge in [0.2, 0.25) is 5.91 Å². The van der Waals surface area contributed by atoms with Crippen molar-refractivity contribution in [3.8, 4) is 0 Å². The van der Waals surface area contributed by atoms with Gasteiger partial charge in [0.1, 0.15) is 0 Å². The van der Waals surface area contributed by atoms with E-state index < -0.39 is 11.9 Å². The zero-order valence-electron chi connectivity index (χ0n) is 11.1. The molecule has 2 atom stereocenters. The monoisotopic (exact) mass is 297 g/mol. The summed E-state index contributed by atoms with van der Waals surface area (Å²) in [6.07, 6.45) is -0.108. The van der Waals surface area contributed by atoms with Crippen molar-refractivity contribution < 1.29 is 19.4 Å². The van der Waals surface area contributed by atoms with Crippen LogP contribution in [0.25, 0.3) is 0 Å². The molecule has 1 heterocycles. The van der Waals surface area contributed by atoms with Crippen molar-refractivity contribution in [2.75, 3.05) is 6.54 Å². The molecule has 0 saturated heterocycles. The number of hydrogen-bond donors (Lipinski definition) is 2. The third kappa shape index (κ3) is 3.49. The van der Waals surface area contributed by atoms with Gasteiger partial charge >= 0.3 is 5.97 Å². The second-order valence-electron chi connectivity index (χ2n) is 4.89. The van der Waals surface area contributed by atoms with Crippen LogP contribution in [0.4, 0.5) is 0 Å². The summed E-state index contributed by atoms with van der Waals surface area (Å²) in [6.45, 7) is 2.11. The van der Waals surface area contributed by atoms with E-state index in [4.69, 9.17) is 21.4 Å². The fraction of sp³-hybridized carbons (Fsp3) is 0.429. The average Bonchev–Trinajstić information content (AvgIpc) is 2.78. The van der Waals surface area contributed by atoms with E-state index in [0.29, 0.717) is 11.6 Å². The molecule has 108 valence electrons. The minimum Gasteiger partial charge on any atom is -0.481 e. The fourth-order valence-electron chi connectivity index (χ4n) is 2.06. The van der Waals surface area contributed by atoms with Crippen LogP contribution in [0.1, 0.15) is 30.6 Å². The summed E-state index contributed by atoms with van der Waals surface area (Å²) in [6, 6.07) is 5.47. The van der Waals surface area contributed by atoms with Gasteiger partial charge in [0, 0.05) is 11.6 Å². The maximum atomic E-state index is 11.8. The average molecular weight is 298 g/mol. The summed E-state index contributed by atoms with van der Waals surface area (Å²) in [5.74, 6) is -1.75. The van der Waals surface area contributed by atoms with Gasteiger partial charge in [0.25, 0.3) is 0 Å². The van der Waals surface area contributed by atoms with Gasteiger partial charge in [-0.25, -0.2) is 0 Å². The Hall–Kier alpha value is -1.59. The molecule has 0 spiro atoms. The molecular weight excluding hydrogens is 282 g/mol. The molecule has 5 nitrogen and oxygen atoms in total. The molecule has 6 heteroatoms. The second kappa shape index (κ2) is 6.24. The molecule has 2 rings (SSSR count). The molecule has 1 aliphatic rings. The lowest BCUT2D eigenvalue weighted by Crippen LogP contribution is -2.32. The molecule has 0 radical (unpaired) electrons. The third-order valence-corrected chi connectivity index (χ3v) is 3.52. The molecule has 1 aromatic rings. The highest BCUT2D eigenvalue weighted by atomic mass is 35.5. The lowest BCUT2D eigenvalue weighted by atomic mass is 10.0. The third-order valence-electron chi connectivity index (χ3n) is 3.29. The molecule has 1 amide bonds. The van der Waals surface area contributed by atoms with Crippen LogP contribution >= 0.6 is 11.6 Å². The second-order valence-corrected chi connectivity index (χ2v) is 5.33. The number of nitrogens with one attached hydrogen (secondary N) is 1. The van der Waals surface area contributed by atoms with E-state index in [-0.39, 0.29) is 25.0 Å². The summed E-state index contributed by atoms with van der Waals surface area (Å²) in [5, 5.41) is 12.0. The van der Waals surface area contributed by atoms with Crippen LogP contribution in [0.3, 0.4) is 0 Å². The molecule has 20 heavy (non-hydrogen) atoms. The van der Waals surface area contributed by atoms with Crippen LogP contribution < -0.4 is 5.32 Å². The Labute approximate surface area is 121 Å². The minimum absolute atomic E-state index is 0.119. The van der Waals surface area contributed by atoms with Gasteiger partial charge < -0.3 is 15.2 Å². The number of carbonyl (C=O) groups is 2. The number of amides is 1. The first-order chi connectivity index (χ1) is 9.47. The number of carboxylic acid groups (broad SMARTS) is 1. The first-order valence-corrected chi connectivity index (χ1v) is 6.74. The topological polar surface area (TPSA) is 75.6 Å². The van der Waals surface area contributed by atoms with Gasteiger partial charge in [-0.05, 0) is 23.3 Å². The van der Waals surface area contributed by atoms with Crippen molar-refractivity contribution in [2.45, 2.75) is 26.1 Å². The summed E-state index contributed by atoms with van der Waals surface area (Å²) >= 11 is 5.90. The van der Waals surface area contributed by atoms with Gasteiger partial charge in [0.15, 0.2) is 0 Å². The number of rotatable bonds is 5. The Morgan fingerprint density at radius 2 is 2.30 bits per heavy atom. The van der Waals surface area contributed by atoms with E-state index in [9.17, 15) is 9.59 Å². The number of benzene rings is 1. The predicted octanol–water partition coefficient (Wildman–Crippen LogP) is 2.14. The van der Waals surface area contributed by atoms with E-state index in [0.717, 1.165) is 11.1 Å². The van der Waals surface area contributed by atoms with Gasteiger partial charge in [-0.3, -0.25) is 9.59 Å². The minimum atomic E-state index is -0.928. The van der Waals surface area contributed by atoms with Crippen molar-refractivity contribution in [2.24, 2.45) is 5.92 Å². The highest BCUT2D eigenvalue weighted by Gasteiger charge is 2.26. The van der Waals surface area contributed by atoms with Crippen LogP contribution in [0.15, 0.2) is 18.2 Å². The molecule has 0 aromatic heterocycles. The lowest BCUT2D eigenvalue weighted by Gasteiger charge is -2.12. The SMILES string of the molecule is CC(CNC(=O)CC1OCc2cc(Cl)ccc21)C(=O)O. The van der Waals surface area contributed by atoms with Crippen LogP contribution in [-0.4, -0.2) is 23.5 Å². The van der Waals surface area contributed by atoms with E-state index >= 15 is 0 Å².